The molecule has 3 saturated carbocycles. The van der Waals surface area contributed by atoms with Crippen LogP contribution in [0.25, 0.3) is 0 Å². The van der Waals surface area contributed by atoms with E-state index in [4.69, 9.17) is 4.74 Å². The van der Waals surface area contributed by atoms with E-state index in [0.717, 1.165) is 12.8 Å². The van der Waals surface area contributed by atoms with Crippen LogP contribution in [0.15, 0.2) is 0 Å². The third kappa shape index (κ3) is 0.372. The van der Waals surface area contributed by atoms with Crippen molar-refractivity contribution in [3.8, 4) is 0 Å². The molecular weight excluding hydrogens is 140 g/mol. The monoisotopic (exact) mass is 154 g/mol. The lowest BCUT2D eigenvalue weighted by atomic mass is 9.94. The van der Waals surface area contributed by atoms with E-state index in [1.54, 1.807) is 7.11 Å². The van der Waals surface area contributed by atoms with Gasteiger partial charge in [0.2, 0.25) is 0 Å². The Morgan fingerprint density at radius 1 is 1.45 bits per heavy atom. The minimum atomic E-state index is -0.423. The molecule has 11 heavy (non-hydrogen) atoms. The van der Waals surface area contributed by atoms with Gasteiger partial charge in [-0.15, -0.1) is 0 Å². The topological polar surface area (TPSA) is 29.5 Å². The summed E-state index contributed by atoms with van der Waals surface area (Å²) in [6.45, 7) is 1.97. The molecule has 0 bridgehead atoms. The second-order valence-corrected chi connectivity index (χ2v) is 4.60. The first kappa shape index (κ1) is 6.44. The molecule has 0 heterocycles. The van der Waals surface area contributed by atoms with Crippen molar-refractivity contribution in [2.45, 2.75) is 37.4 Å². The fraction of sp³-hybridized carbons (Fsp3) is 1.00. The predicted molar refractivity (Wildman–Crippen MR) is 40.1 cm³/mol. The molecule has 2 heteroatoms. The third-order valence-electron chi connectivity index (χ3n) is 4.50. The van der Waals surface area contributed by atoms with Crippen LogP contribution in [0, 0.1) is 11.3 Å². The standard InChI is InChI=1S/C9H14O2/c1-7(10)3-4-9(11-2)6-5-8(6,7)9/h6,10H,3-5H2,1-2H3/t6?,7-,8?,9-/m0/s1. The average molecular weight is 154 g/mol. The van der Waals surface area contributed by atoms with Gasteiger partial charge < -0.3 is 9.84 Å². The Labute approximate surface area is 66.5 Å². The molecule has 0 aliphatic heterocycles. The summed E-state index contributed by atoms with van der Waals surface area (Å²) in [4.78, 5) is 0. The van der Waals surface area contributed by atoms with Gasteiger partial charge in [0.15, 0.2) is 0 Å². The summed E-state index contributed by atoms with van der Waals surface area (Å²) >= 11 is 0. The van der Waals surface area contributed by atoms with E-state index in [2.05, 4.69) is 0 Å². The summed E-state index contributed by atoms with van der Waals surface area (Å²) in [5.41, 5.74) is -0.0983. The molecule has 2 unspecified atom stereocenters. The van der Waals surface area contributed by atoms with Crippen LogP contribution >= 0.6 is 0 Å². The Balaban J connectivity index is 2.02. The minimum Gasteiger partial charge on any atom is -0.389 e. The van der Waals surface area contributed by atoms with E-state index in [0.29, 0.717) is 5.92 Å². The Morgan fingerprint density at radius 2 is 2.18 bits per heavy atom. The van der Waals surface area contributed by atoms with Gasteiger partial charge in [0.25, 0.3) is 0 Å². The molecule has 4 atom stereocenters. The van der Waals surface area contributed by atoms with E-state index < -0.39 is 5.60 Å². The predicted octanol–water partition coefficient (Wildman–Crippen LogP) is 0.936. The Bertz CT molecular complexity index is 236. The zero-order valence-corrected chi connectivity index (χ0v) is 7.05. The molecular formula is C9H14O2. The van der Waals surface area contributed by atoms with Gasteiger partial charge in [-0.05, 0) is 26.2 Å². The van der Waals surface area contributed by atoms with Crippen molar-refractivity contribution in [2.24, 2.45) is 11.3 Å². The Kier molecular flexibility index (Phi) is 0.744. The van der Waals surface area contributed by atoms with Crippen LogP contribution in [0.1, 0.15) is 26.2 Å². The minimum absolute atomic E-state index is 0.122. The molecule has 0 amide bonds. The first-order valence-electron chi connectivity index (χ1n) is 4.38. The van der Waals surface area contributed by atoms with Crippen molar-refractivity contribution in [3.05, 3.63) is 0 Å². The molecule has 0 aromatic carbocycles. The van der Waals surface area contributed by atoms with Crippen molar-refractivity contribution in [3.63, 3.8) is 0 Å². The molecule has 2 nitrogen and oxygen atoms in total. The van der Waals surface area contributed by atoms with Crippen molar-refractivity contribution in [2.75, 3.05) is 7.11 Å². The zero-order chi connectivity index (χ0) is 7.91. The van der Waals surface area contributed by atoms with Crippen molar-refractivity contribution < 1.29 is 9.84 Å². The highest BCUT2D eigenvalue weighted by Crippen LogP contribution is 2.92. The van der Waals surface area contributed by atoms with Crippen LogP contribution in [0.4, 0.5) is 0 Å². The van der Waals surface area contributed by atoms with Crippen LogP contribution < -0.4 is 0 Å². The van der Waals surface area contributed by atoms with Gasteiger partial charge in [-0.1, -0.05) is 0 Å². The van der Waals surface area contributed by atoms with E-state index in [-0.39, 0.29) is 11.0 Å². The molecule has 0 saturated heterocycles. The molecule has 0 aromatic heterocycles. The summed E-state index contributed by atoms with van der Waals surface area (Å²) in [6, 6.07) is 0. The molecule has 3 aliphatic carbocycles. The second kappa shape index (κ2) is 1.27. The zero-order valence-electron chi connectivity index (χ0n) is 7.05. The van der Waals surface area contributed by atoms with E-state index in [1.165, 1.54) is 6.42 Å². The van der Waals surface area contributed by atoms with Crippen LogP contribution in [-0.4, -0.2) is 23.4 Å². The number of methoxy groups -OCH3 is 1. The number of fused-ring (bicyclic) bond motifs is 1. The SMILES string of the molecule is CO[C@]12CC[C@](C)(O)C13CC32. The maximum absolute atomic E-state index is 10.0. The van der Waals surface area contributed by atoms with E-state index >= 15 is 0 Å². The molecule has 1 spiro atoms. The summed E-state index contributed by atoms with van der Waals surface area (Å²) in [7, 11) is 1.79. The van der Waals surface area contributed by atoms with Gasteiger partial charge in [0.05, 0.1) is 11.2 Å². The van der Waals surface area contributed by atoms with Gasteiger partial charge in [0.1, 0.15) is 0 Å². The normalized spacial score (nSPS) is 70.6. The maximum atomic E-state index is 10.0. The van der Waals surface area contributed by atoms with Crippen LogP contribution in [0.3, 0.4) is 0 Å². The average Bonchev–Trinajstić information content (AvgIpc) is 2.70. The lowest BCUT2D eigenvalue weighted by Gasteiger charge is -2.24. The molecule has 3 rings (SSSR count). The smallest absolute Gasteiger partial charge is 0.0802 e. The number of rotatable bonds is 1. The Morgan fingerprint density at radius 3 is 2.45 bits per heavy atom. The van der Waals surface area contributed by atoms with Gasteiger partial charge in [-0.25, -0.2) is 0 Å². The quantitative estimate of drug-likeness (QED) is 0.609. The highest BCUT2D eigenvalue weighted by Gasteiger charge is 2.97. The number of ether oxygens (including phenoxy) is 1. The Hall–Kier alpha value is -0.0800. The lowest BCUT2D eigenvalue weighted by molar-refractivity contribution is -0.0226. The van der Waals surface area contributed by atoms with E-state index in [9.17, 15) is 5.11 Å². The molecule has 0 aromatic rings. The second-order valence-electron chi connectivity index (χ2n) is 4.60. The largest absolute Gasteiger partial charge is 0.389 e. The molecule has 1 N–H and O–H groups in total. The summed E-state index contributed by atoms with van der Waals surface area (Å²) in [5, 5.41) is 10.0. The van der Waals surface area contributed by atoms with Crippen LogP contribution in [0.5, 0.6) is 0 Å². The summed E-state index contributed by atoms with van der Waals surface area (Å²) in [6.07, 6.45) is 3.20. The number of aliphatic hydroxyl groups is 1. The molecule has 3 aliphatic rings. The van der Waals surface area contributed by atoms with Gasteiger partial charge in [-0.3, -0.25) is 0 Å². The third-order valence-corrected chi connectivity index (χ3v) is 4.50. The summed E-state index contributed by atoms with van der Waals surface area (Å²) in [5.74, 6) is 0.698. The highest BCUT2D eigenvalue weighted by atomic mass is 16.5. The molecule has 62 valence electrons. The van der Waals surface area contributed by atoms with Crippen LogP contribution in [-0.2, 0) is 4.74 Å². The van der Waals surface area contributed by atoms with Gasteiger partial charge >= 0.3 is 0 Å². The summed E-state index contributed by atoms with van der Waals surface area (Å²) < 4.78 is 5.50. The van der Waals surface area contributed by atoms with Gasteiger partial charge in [-0.2, -0.15) is 0 Å². The first-order chi connectivity index (χ1) is 5.11. The number of hydrogen-bond acceptors (Lipinski definition) is 2. The van der Waals surface area contributed by atoms with Gasteiger partial charge in [0, 0.05) is 18.4 Å². The fourth-order valence-electron chi connectivity index (χ4n) is 3.65. The van der Waals surface area contributed by atoms with Crippen molar-refractivity contribution in [1.29, 1.82) is 0 Å². The fourth-order valence-corrected chi connectivity index (χ4v) is 3.65. The lowest BCUT2D eigenvalue weighted by Crippen LogP contribution is -2.32. The van der Waals surface area contributed by atoms with Crippen LogP contribution in [0.2, 0.25) is 0 Å². The molecule has 3 fully saturated rings. The first-order valence-corrected chi connectivity index (χ1v) is 4.38. The van der Waals surface area contributed by atoms with Crippen molar-refractivity contribution >= 4 is 0 Å². The van der Waals surface area contributed by atoms with E-state index in [1.807, 2.05) is 6.92 Å². The molecule has 0 radical (unpaired) electrons. The highest BCUT2D eigenvalue weighted by molar-refractivity contribution is 5.46. The van der Waals surface area contributed by atoms with Crippen molar-refractivity contribution in [1.82, 2.24) is 0 Å². The number of hydrogen-bond donors (Lipinski definition) is 1. The maximum Gasteiger partial charge on any atom is 0.0802 e.